The van der Waals surface area contributed by atoms with E-state index < -0.39 is 0 Å². The third-order valence-electron chi connectivity index (χ3n) is 6.31. The first-order chi connectivity index (χ1) is 14.6. The van der Waals surface area contributed by atoms with Crippen LogP contribution in [0.2, 0.25) is 0 Å². The number of aromatic nitrogens is 3. The number of methoxy groups -OCH3 is 1. The van der Waals surface area contributed by atoms with Crippen molar-refractivity contribution in [1.82, 2.24) is 15.0 Å². The molecule has 1 aliphatic carbocycles. The number of halogens is 2. The summed E-state index contributed by atoms with van der Waals surface area (Å²) in [6, 6.07) is 10.9. The van der Waals surface area contributed by atoms with Gasteiger partial charge in [-0.2, -0.15) is 0 Å². The van der Waals surface area contributed by atoms with Gasteiger partial charge in [-0.1, -0.05) is 0 Å². The standard InChI is InChI=1S/C24H23BrFN3O/c1-30-23-13-22-21(12-19(23)25)28-24(29-22)10-14-2-4-15(5-3-14)17-8-9-27-20-7-6-16(26)11-18(17)20/h6-9,11-15H,2-5,10H2,1H3,(H,28,29). The number of hydrogen-bond donors (Lipinski definition) is 1. The molecule has 1 fully saturated rings. The molecule has 5 rings (SSSR count). The first-order valence-corrected chi connectivity index (χ1v) is 11.2. The molecule has 0 aliphatic heterocycles. The Bertz CT molecular complexity index is 1210. The monoisotopic (exact) mass is 467 g/mol. The maximum absolute atomic E-state index is 13.8. The molecule has 0 spiro atoms. The number of nitrogens with one attached hydrogen (secondary N) is 1. The van der Waals surface area contributed by atoms with Crippen LogP contribution in [0, 0.1) is 11.7 Å². The second-order valence-corrected chi connectivity index (χ2v) is 9.03. The van der Waals surface area contributed by atoms with Crippen LogP contribution in [0.1, 0.15) is 43.0 Å². The van der Waals surface area contributed by atoms with Crippen LogP contribution in [-0.2, 0) is 6.42 Å². The number of ether oxygens (including phenoxy) is 1. The second kappa shape index (κ2) is 7.99. The molecule has 0 unspecified atom stereocenters. The van der Waals surface area contributed by atoms with E-state index in [2.05, 4.69) is 32.0 Å². The van der Waals surface area contributed by atoms with E-state index in [1.54, 1.807) is 19.2 Å². The van der Waals surface area contributed by atoms with E-state index in [4.69, 9.17) is 9.72 Å². The molecular weight excluding hydrogens is 445 g/mol. The van der Waals surface area contributed by atoms with Gasteiger partial charge in [0.15, 0.2) is 0 Å². The average molecular weight is 468 g/mol. The summed E-state index contributed by atoms with van der Waals surface area (Å²) >= 11 is 3.53. The number of H-pyrrole nitrogens is 1. The highest BCUT2D eigenvalue weighted by Crippen LogP contribution is 2.39. The van der Waals surface area contributed by atoms with E-state index >= 15 is 0 Å². The van der Waals surface area contributed by atoms with Crippen molar-refractivity contribution >= 4 is 37.9 Å². The first-order valence-electron chi connectivity index (χ1n) is 10.4. The van der Waals surface area contributed by atoms with Gasteiger partial charge in [0.2, 0.25) is 0 Å². The predicted octanol–water partition coefficient (Wildman–Crippen LogP) is 6.54. The normalized spacial score (nSPS) is 19.4. The molecule has 2 aromatic carbocycles. The fraction of sp³-hybridized carbons (Fsp3) is 0.333. The first kappa shape index (κ1) is 19.5. The van der Waals surface area contributed by atoms with Gasteiger partial charge >= 0.3 is 0 Å². The molecule has 4 aromatic rings. The Labute approximate surface area is 183 Å². The van der Waals surface area contributed by atoms with Crippen LogP contribution in [0.5, 0.6) is 5.75 Å². The van der Waals surface area contributed by atoms with Gasteiger partial charge in [0, 0.05) is 24.1 Å². The molecule has 1 aliphatic rings. The Hall–Kier alpha value is -2.47. The molecule has 6 heteroatoms. The molecule has 2 aromatic heterocycles. The summed E-state index contributed by atoms with van der Waals surface area (Å²) in [5.74, 6) is 2.70. The topological polar surface area (TPSA) is 50.8 Å². The molecule has 0 saturated heterocycles. The highest BCUT2D eigenvalue weighted by molar-refractivity contribution is 9.10. The summed E-state index contributed by atoms with van der Waals surface area (Å²) in [7, 11) is 1.67. The van der Waals surface area contributed by atoms with Crippen molar-refractivity contribution in [3.05, 3.63) is 64.3 Å². The maximum atomic E-state index is 13.8. The molecule has 154 valence electrons. The third-order valence-corrected chi connectivity index (χ3v) is 6.93. The van der Waals surface area contributed by atoms with Crippen LogP contribution in [0.25, 0.3) is 21.9 Å². The van der Waals surface area contributed by atoms with E-state index in [-0.39, 0.29) is 5.82 Å². The van der Waals surface area contributed by atoms with Gasteiger partial charge in [0.1, 0.15) is 17.4 Å². The van der Waals surface area contributed by atoms with Crippen LogP contribution in [0.4, 0.5) is 4.39 Å². The summed E-state index contributed by atoms with van der Waals surface area (Å²) in [4.78, 5) is 12.6. The summed E-state index contributed by atoms with van der Waals surface area (Å²) in [5.41, 5.74) is 4.07. The van der Waals surface area contributed by atoms with Gasteiger partial charge in [0.05, 0.1) is 28.1 Å². The van der Waals surface area contributed by atoms with Gasteiger partial charge in [0.25, 0.3) is 0 Å². The number of rotatable bonds is 4. The van der Waals surface area contributed by atoms with Gasteiger partial charge in [-0.15, -0.1) is 0 Å². The van der Waals surface area contributed by atoms with E-state index in [0.717, 1.165) is 70.1 Å². The number of imidazole rings is 1. The number of pyridine rings is 1. The Balaban J connectivity index is 1.30. The lowest BCUT2D eigenvalue weighted by Gasteiger charge is -2.29. The summed E-state index contributed by atoms with van der Waals surface area (Å²) < 4.78 is 20.1. The molecule has 0 radical (unpaired) electrons. The average Bonchev–Trinajstić information content (AvgIpc) is 3.14. The molecule has 4 nitrogen and oxygen atoms in total. The van der Waals surface area contributed by atoms with Crippen LogP contribution >= 0.6 is 15.9 Å². The molecule has 30 heavy (non-hydrogen) atoms. The van der Waals surface area contributed by atoms with Crippen LogP contribution in [0.3, 0.4) is 0 Å². The minimum atomic E-state index is -0.196. The Morgan fingerprint density at radius 1 is 1.10 bits per heavy atom. The van der Waals surface area contributed by atoms with Crippen molar-refractivity contribution in [2.75, 3.05) is 7.11 Å². The number of benzene rings is 2. The molecule has 2 heterocycles. The van der Waals surface area contributed by atoms with Crippen molar-refractivity contribution in [2.45, 2.75) is 38.0 Å². The second-order valence-electron chi connectivity index (χ2n) is 8.17. The van der Waals surface area contributed by atoms with Gasteiger partial charge in [-0.3, -0.25) is 4.98 Å². The van der Waals surface area contributed by atoms with Gasteiger partial charge in [-0.05, 0) is 89.3 Å². The zero-order valence-corrected chi connectivity index (χ0v) is 18.4. The van der Waals surface area contributed by atoms with E-state index in [1.807, 2.05) is 18.3 Å². The molecule has 0 atom stereocenters. The lowest BCUT2D eigenvalue weighted by atomic mass is 9.77. The maximum Gasteiger partial charge on any atom is 0.135 e. The third kappa shape index (κ3) is 3.69. The minimum absolute atomic E-state index is 0.196. The van der Waals surface area contributed by atoms with E-state index in [9.17, 15) is 4.39 Å². The highest BCUT2D eigenvalue weighted by Gasteiger charge is 2.25. The summed E-state index contributed by atoms with van der Waals surface area (Å²) in [6.07, 6.45) is 7.32. The minimum Gasteiger partial charge on any atom is -0.495 e. The lowest BCUT2D eigenvalue weighted by Crippen LogP contribution is -2.16. The highest BCUT2D eigenvalue weighted by atomic mass is 79.9. The zero-order chi connectivity index (χ0) is 20.7. The summed E-state index contributed by atoms with van der Waals surface area (Å²) in [6.45, 7) is 0. The van der Waals surface area contributed by atoms with Gasteiger partial charge < -0.3 is 9.72 Å². The smallest absolute Gasteiger partial charge is 0.135 e. The van der Waals surface area contributed by atoms with Crippen LogP contribution in [0.15, 0.2) is 47.1 Å². The Kier molecular flexibility index (Phi) is 5.19. The SMILES string of the molecule is COc1cc2nc(CC3CCC(c4ccnc5ccc(F)cc45)CC3)[nH]c2cc1Br. The quantitative estimate of drug-likeness (QED) is 0.370. The zero-order valence-electron chi connectivity index (χ0n) is 16.8. The largest absolute Gasteiger partial charge is 0.495 e. The Morgan fingerprint density at radius 2 is 1.93 bits per heavy atom. The molecule has 1 N–H and O–H groups in total. The lowest BCUT2D eigenvalue weighted by molar-refractivity contribution is 0.322. The van der Waals surface area contributed by atoms with Crippen LogP contribution < -0.4 is 4.74 Å². The van der Waals surface area contributed by atoms with Crippen molar-refractivity contribution < 1.29 is 9.13 Å². The van der Waals surface area contributed by atoms with Crippen molar-refractivity contribution in [3.63, 3.8) is 0 Å². The predicted molar refractivity (Wildman–Crippen MR) is 120 cm³/mol. The molecule has 0 amide bonds. The summed E-state index contributed by atoms with van der Waals surface area (Å²) in [5, 5.41) is 0.956. The molecular formula is C24H23BrFN3O. The fourth-order valence-electron chi connectivity index (χ4n) is 4.76. The number of aromatic amines is 1. The molecule has 0 bridgehead atoms. The van der Waals surface area contributed by atoms with Crippen molar-refractivity contribution in [2.24, 2.45) is 5.92 Å². The number of nitrogens with zero attached hydrogens (tertiary/aromatic N) is 2. The fourth-order valence-corrected chi connectivity index (χ4v) is 5.27. The Morgan fingerprint density at radius 3 is 2.73 bits per heavy atom. The van der Waals surface area contributed by atoms with Crippen molar-refractivity contribution in [1.29, 1.82) is 0 Å². The number of fused-ring (bicyclic) bond motifs is 2. The van der Waals surface area contributed by atoms with Crippen molar-refractivity contribution in [3.8, 4) is 5.75 Å². The van der Waals surface area contributed by atoms with Gasteiger partial charge in [-0.25, -0.2) is 9.37 Å². The van der Waals surface area contributed by atoms with E-state index in [0.29, 0.717) is 11.8 Å². The van der Waals surface area contributed by atoms with E-state index in [1.165, 1.54) is 11.6 Å². The molecule has 1 saturated carbocycles. The van der Waals surface area contributed by atoms with Crippen LogP contribution in [-0.4, -0.2) is 22.1 Å². The number of hydrogen-bond acceptors (Lipinski definition) is 3.